The van der Waals surface area contributed by atoms with Crippen LogP contribution in [0.2, 0.25) is 0 Å². The lowest BCUT2D eigenvalue weighted by molar-refractivity contribution is -0.117. The van der Waals surface area contributed by atoms with Crippen LogP contribution >= 0.6 is 0 Å². The summed E-state index contributed by atoms with van der Waals surface area (Å²) in [6.07, 6.45) is 5.17. The minimum Gasteiger partial charge on any atom is -0.493 e. The highest BCUT2D eigenvalue weighted by atomic mass is 16.5. The fourth-order valence-electron chi connectivity index (χ4n) is 2.11. The van der Waals surface area contributed by atoms with Crippen molar-refractivity contribution in [1.82, 2.24) is 10.9 Å². The van der Waals surface area contributed by atoms with Gasteiger partial charge < -0.3 is 13.9 Å². The average Bonchev–Trinajstić information content (AvgIpc) is 3.18. The Morgan fingerprint density at radius 1 is 1.19 bits per heavy atom. The maximum Gasteiger partial charge on any atom is 0.269 e. The summed E-state index contributed by atoms with van der Waals surface area (Å²) in [7, 11) is 1.51. The van der Waals surface area contributed by atoms with Gasteiger partial charge >= 0.3 is 0 Å². The van der Waals surface area contributed by atoms with E-state index in [1.165, 1.54) is 25.5 Å². The van der Waals surface area contributed by atoms with E-state index in [0.29, 0.717) is 35.3 Å². The fourth-order valence-corrected chi connectivity index (χ4v) is 2.11. The van der Waals surface area contributed by atoms with Crippen LogP contribution in [0.1, 0.15) is 36.4 Å². The van der Waals surface area contributed by atoms with Gasteiger partial charge in [-0.2, -0.15) is 0 Å². The lowest BCUT2D eigenvalue weighted by Gasteiger charge is -2.13. The third-order valence-corrected chi connectivity index (χ3v) is 3.62. The maximum atomic E-state index is 12.2. The van der Waals surface area contributed by atoms with Gasteiger partial charge in [0.05, 0.1) is 20.0 Å². The third-order valence-electron chi connectivity index (χ3n) is 3.62. The van der Waals surface area contributed by atoms with E-state index in [9.17, 15) is 9.59 Å². The van der Waals surface area contributed by atoms with Gasteiger partial charge in [-0.05, 0) is 48.7 Å². The second-order valence-corrected chi connectivity index (χ2v) is 6.19. The molecule has 27 heavy (non-hydrogen) atoms. The zero-order chi connectivity index (χ0) is 19.6. The number of methoxy groups -OCH3 is 1. The summed E-state index contributed by atoms with van der Waals surface area (Å²) in [6.45, 7) is 4.80. The topological polar surface area (TPSA) is 89.8 Å². The molecule has 1 heterocycles. The summed E-state index contributed by atoms with van der Waals surface area (Å²) in [5.74, 6) is 1.14. The van der Waals surface area contributed by atoms with E-state index in [2.05, 4.69) is 24.7 Å². The predicted molar refractivity (Wildman–Crippen MR) is 101 cm³/mol. The van der Waals surface area contributed by atoms with Gasteiger partial charge in [0.1, 0.15) is 5.76 Å². The van der Waals surface area contributed by atoms with E-state index >= 15 is 0 Å². The van der Waals surface area contributed by atoms with Crippen LogP contribution in [0.25, 0.3) is 6.08 Å². The summed E-state index contributed by atoms with van der Waals surface area (Å²) >= 11 is 0. The van der Waals surface area contributed by atoms with Gasteiger partial charge in [-0.1, -0.05) is 13.8 Å². The monoisotopic (exact) mass is 372 g/mol. The first-order valence-corrected chi connectivity index (χ1v) is 8.62. The Morgan fingerprint density at radius 2 is 2.00 bits per heavy atom. The van der Waals surface area contributed by atoms with E-state index in [1.54, 1.807) is 30.3 Å². The molecule has 0 unspecified atom stereocenters. The summed E-state index contributed by atoms with van der Waals surface area (Å²) in [5, 5.41) is 0. The molecule has 0 aliphatic carbocycles. The zero-order valence-corrected chi connectivity index (χ0v) is 15.7. The van der Waals surface area contributed by atoms with Crippen molar-refractivity contribution in [2.45, 2.75) is 20.3 Å². The van der Waals surface area contributed by atoms with Crippen LogP contribution in [0.4, 0.5) is 0 Å². The molecule has 0 aliphatic rings. The highest BCUT2D eigenvalue weighted by Gasteiger charge is 2.12. The van der Waals surface area contributed by atoms with E-state index in [4.69, 9.17) is 13.9 Å². The smallest absolute Gasteiger partial charge is 0.269 e. The van der Waals surface area contributed by atoms with E-state index in [-0.39, 0.29) is 0 Å². The summed E-state index contributed by atoms with van der Waals surface area (Å²) in [6, 6.07) is 8.26. The van der Waals surface area contributed by atoms with Gasteiger partial charge in [-0.15, -0.1) is 0 Å². The van der Waals surface area contributed by atoms with Gasteiger partial charge in [0, 0.05) is 11.6 Å². The lowest BCUT2D eigenvalue weighted by atomic mass is 10.1. The zero-order valence-electron chi connectivity index (χ0n) is 15.7. The quantitative estimate of drug-likeness (QED) is 0.549. The van der Waals surface area contributed by atoms with Crippen molar-refractivity contribution in [2.24, 2.45) is 5.92 Å². The van der Waals surface area contributed by atoms with Crippen LogP contribution in [-0.2, 0) is 4.79 Å². The number of rotatable bonds is 8. The van der Waals surface area contributed by atoms with Gasteiger partial charge in [0.15, 0.2) is 11.5 Å². The number of hydrazine groups is 1. The molecule has 0 bridgehead atoms. The molecule has 0 saturated carbocycles. The Labute approximate surface area is 158 Å². The summed E-state index contributed by atoms with van der Waals surface area (Å²) < 4.78 is 16.1. The van der Waals surface area contributed by atoms with Crippen LogP contribution in [0.15, 0.2) is 47.1 Å². The van der Waals surface area contributed by atoms with E-state index in [0.717, 1.165) is 6.42 Å². The molecule has 144 valence electrons. The Bertz CT molecular complexity index is 782. The number of nitrogens with one attached hydrogen (secondary N) is 2. The van der Waals surface area contributed by atoms with Crippen molar-refractivity contribution in [3.8, 4) is 11.5 Å². The van der Waals surface area contributed by atoms with Crippen LogP contribution in [-0.4, -0.2) is 25.5 Å². The molecule has 0 radical (unpaired) electrons. The van der Waals surface area contributed by atoms with Crippen molar-refractivity contribution in [3.63, 3.8) is 0 Å². The third kappa shape index (κ3) is 6.54. The molecular formula is C20H24N2O5. The van der Waals surface area contributed by atoms with Crippen LogP contribution in [0.5, 0.6) is 11.5 Å². The van der Waals surface area contributed by atoms with Crippen LogP contribution in [0.3, 0.4) is 0 Å². The van der Waals surface area contributed by atoms with Crippen molar-refractivity contribution < 1.29 is 23.5 Å². The Balaban J connectivity index is 1.90. The first kappa shape index (κ1) is 20.1. The molecule has 0 aliphatic heterocycles. The van der Waals surface area contributed by atoms with Gasteiger partial charge in [0.2, 0.25) is 0 Å². The predicted octanol–water partition coefficient (Wildman–Crippen LogP) is 3.19. The highest BCUT2D eigenvalue weighted by molar-refractivity contribution is 5.98. The summed E-state index contributed by atoms with van der Waals surface area (Å²) in [5.41, 5.74) is 4.98. The molecule has 0 atom stereocenters. The largest absolute Gasteiger partial charge is 0.493 e. The molecule has 0 fully saturated rings. The van der Waals surface area contributed by atoms with Crippen LogP contribution in [0, 0.1) is 5.92 Å². The number of carbonyl (C=O) groups excluding carboxylic acids is 2. The molecule has 2 N–H and O–H groups in total. The number of amides is 2. The average molecular weight is 372 g/mol. The number of benzene rings is 1. The lowest BCUT2D eigenvalue weighted by Crippen LogP contribution is -2.40. The number of hydrogen-bond acceptors (Lipinski definition) is 5. The van der Waals surface area contributed by atoms with Crippen molar-refractivity contribution in [2.75, 3.05) is 13.7 Å². The number of furan rings is 1. The Morgan fingerprint density at radius 3 is 2.67 bits per heavy atom. The Kier molecular flexibility index (Phi) is 7.49. The summed E-state index contributed by atoms with van der Waals surface area (Å²) in [4.78, 5) is 23.9. The number of ether oxygens (including phenoxy) is 2. The highest BCUT2D eigenvalue weighted by Crippen LogP contribution is 2.28. The molecule has 0 saturated heterocycles. The molecule has 7 heteroatoms. The minimum atomic E-state index is -0.486. The van der Waals surface area contributed by atoms with Crippen LogP contribution < -0.4 is 20.3 Å². The number of carbonyl (C=O) groups is 2. The van der Waals surface area contributed by atoms with Crippen molar-refractivity contribution in [1.29, 1.82) is 0 Å². The molecule has 7 nitrogen and oxygen atoms in total. The van der Waals surface area contributed by atoms with Crippen molar-refractivity contribution >= 4 is 17.9 Å². The van der Waals surface area contributed by atoms with Gasteiger partial charge in [0.25, 0.3) is 11.8 Å². The second-order valence-electron chi connectivity index (χ2n) is 6.19. The number of hydrogen-bond donors (Lipinski definition) is 2. The Hall–Kier alpha value is -3.22. The van der Waals surface area contributed by atoms with E-state index < -0.39 is 11.8 Å². The first-order valence-electron chi connectivity index (χ1n) is 8.62. The molecule has 0 spiro atoms. The molecule has 2 aromatic rings. The second kappa shape index (κ2) is 10.1. The standard InChI is InChI=1S/C20H24N2O5/c1-14(2)10-12-27-17-8-6-15(13-18(17)25-3)20(24)22-21-19(23)9-7-16-5-4-11-26-16/h4-9,11,13-14H,10,12H2,1-3H3,(H,21,23)(H,22,24)/b9-7+. The minimum absolute atomic E-state index is 0.332. The maximum absolute atomic E-state index is 12.2. The normalized spacial score (nSPS) is 10.8. The van der Waals surface area contributed by atoms with Crippen molar-refractivity contribution in [3.05, 3.63) is 54.0 Å². The molecule has 1 aromatic carbocycles. The first-order chi connectivity index (χ1) is 13.0. The molecule has 2 rings (SSSR count). The SMILES string of the molecule is COc1cc(C(=O)NNC(=O)/C=C/c2ccco2)ccc1OCCC(C)C. The fraction of sp³-hybridized carbons (Fsp3) is 0.300. The van der Waals surface area contributed by atoms with E-state index in [1.807, 2.05) is 0 Å². The van der Waals surface area contributed by atoms with Gasteiger partial charge in [-0.25, -0.2) is 0 Å². The molecule has 1 aromatic heterocycles. The van der Waals surface area contributed by atoms with Gasteiger partial charge in [-0.3, -0.25) is 20.4 Å². The molecule has 2 amide bonds. The molecular weight excluding hydrogens is 348 g/mol.